The number of fused-ring (bicyclic) bond motifs is 1. The summed E-state index contributed by atoms with van der Waals surface area (Å²) in [6.45, 7) is 2.17. The van der Waals surface area contributed by atoms with Gasteiger partial charge in [-0.3, -0.25) is 0 Å². The number of hydrogen-bond donors (Lipinski definition) is 1. The van der Waals surface area contributed by atoms with E-state index in [9.17, 15) is 4.79 Å². The molecule has 2 aliphatic rings. The van der Waals surface area contributed by atoms with E-state index in [4.69, 9.17) is 11.2 Å². The third-order valence-electron chi connectivity index (χ3n) is 6.33. The zero-order chi connectivity index (χ0) is 22.8. The Morgan fingerprint density at radius 3 is 2.85 bits per heavy atom. The molecule has 0 spiro atoms. The van der Waals surface area contributed by atoms with Gasteiger partial charge in [0.15, 0.2) is 5.54 Å². The van der Waals surface area contributed by atoms with Crippen LogP contribution in [0.5, 0.6) is 0 Å². The van der Waals surface area contributed by atoms with Crippen molar-refractivity contribution >= 4 is 28.6 Å². The Bertz CT molecular complexity index is 1310. The van der Waals surface area contributed by atoms with Crippen LogP contribution in [0.1, 0.15) is 24.9 Å². The predicted molar refractivity (Wildman–Crippen MR) is 130 cm³/mol. The highest BCUT2D eigenvalue weighted by Crippen LogP contribution is 2.38. The van der Waals surface area contributed by atoms with Crippen LogP contribution in [0.3, 0.4) is 0 Å². The number of nitrogens with zero attached hydrogens (tertiary/aromatic N) is 3. The number of ether oxygens (including phenoxy) is 1. The highest BCUT2D eigenvalue weighted by atomic mass is 16.6. The Morgan fingerprint density at radius 1 is 1.21 bits per heavy atom. The second-order valence-corrected chi connectivity index (χ2v) is 8.32. The molecule has 1 saturated heterocycles. The lowest BCUT2D eigenvalue weighted by Gasteiger charge is -2.36. The Labute approximate surface area is 193 Å². The molecule has 0 bridgehead atoms. The fourth-order valence-corrected chi connectivity index (χ4v) is 4.48. The third-order valence-corrected chi connectivity index (χ3v) is 6.33. The highest BCUT2D eigenvalue weighted by molar-refractivity contribution is 5.92. The minimum absolute atomic E-state index is 0.0424. The van der Waals surface area contributed by atoms with Gasteiger partial charge in [-0.25, -0.2) is 14.7 Å². The average Bonchev–Trinajstić information content (AvgIpc) is 3.21. The van der Waals surface area contributed by atoms with E-state index in [1.807, 2.05) is 36.4 Å². The number of amides is 1. The van der Waals surface area contributed by atoms with Gasteiger partial charge >= 0.3 is 6.09 Å². The quantitative estimate of drug-likeness (QED) is 0.553. The van der Waals surface area contributed by atoms with Gasteiger partial charge in [-0.1, -0.05) is 66.6 Å². The molecule has 1 aliphatic heterocycles. The monoisotopic (exact) mass is 436 g/mol. The second-order valence-electron chi connectivity index (χ2n) is 8.32. The lowest BCUT2D eigenvalue weighted by atomic mass is 9.80. The van der Waals surface area contributed by atoms with Gasteiger partial charge in [0.1, 0.15) is 12.4 Å². The maximum absolute atomic E-state index is 12.8. The number of anilines is 2. The number of allylic oxidation sites excluding steroid dienone is 3. The molecular formula is C27H24N4O2. The fourth-order valence-electron chi connectivity index (χ4n) is 4.48. The standard InChI is InChI=1S/C27H24N4O2/c1-3-27(23-11-5-4-6-12-23)18-33-26(32)31(27)24-15-16-28-25(30-24)29-19(2)21-14-13-20-9-7-8-10-22(20)17-21/h1,4-11,13-17,19,23H,12,18H2,2H3,(H,28,29,30)/t19-,23?,27-/m0/s1. The number of terminal acetylenes is 1. The van der Waals surface area contributed by atoms with Crippen molar-refractivity contribution in [1.82, 2.24) is 9.97 Å². The number of carbonyl (C=O) groups excluding carboxylic acids is 1. The van der Waals surface area contributed by atoms with E-state index in [1.165, 1.54) is 15.7 Å². The van der Waals surface area contributed by atoms with E-state index in [-0.39, 0.29) is 18.6 Å². The Balaban J connectivity index is 1.43. The van der Waals surface area contributed by atoms with Crippen molar-refractivity contribution in [2.45, 2.75) is 24.9 Å². The molecule has 33 heavy (non-hydrogen) atoms. The summed E-state index contributed by atoms with van der Waals surface area (Å²) in [4.78, 5) is 23.3. The molecular weight excluding hydrogens is 412 g/mol. The van der Waals surface area contributed by atoms with Crippen molar-refractivity contribution in [2.75, 3.05) is 16.8 Å². The summed E-state index contributed by atoms with van der Waals surface area (Å²) in [5.74, 6) is 3.61. The molecule has 0 saturated carbocycles. The summed E-state index contributed by atoms with van der Waals surface area (Å²) in [6.07, 6.45) is 15.8. The van der Waals surface area contributed by atoms with Gasteiger partial charge in [0.25, 0.3) is 0 Å². The van der Waals surface area contributed by atoms with E-state index in [0.717, 1.165) is 12.0 Å². The molecule has 2 aromatic carbocycles. The Kier molecular flexibility index (Phi) is 5.31. The topological polar surface area (TPSA) is 67.3 Å². The van der Waals surface area contributed by atoms with Crippen molar-refractivity contribution in [1.29, 1.82) is 0 Å². The summed E-state index contributed by atoms with van der Waals surface area (Å²) in [7, 11) is 0. The van der Waals surface area contributed by atoms with E-state index in [2.05, 4.69) is 58.5 Å². The first-order chi connectivity index (χ1) is 16.1. The Morgan fingerprint density at radius 2 is 2.06 bits per heavy atom. The largest absolute Gasteiger partial charge is 0.445 e. The van der Waals surface area contributed by atoms with Crippen molar-refractivity contribution in [3.05, 3.63) is 84.6 Å². The normalized spacial score (nSPS) is 22.7. The average molecular weight is 437 g/mol. The van der Waals surface area contributed by atoms with Crippen LogP contribution >= 0.6 is 0 Å². The summed E-state index contributed by atoms with van der Waals surface area (Å²) >= 11 is 0. The molecule has 5 rings (SSSR count). The van der Waals surface area contributed by atoms with Gasteiger partial charge in [0, 0.05) is 12.1 Å². The highest BCUT2D eigenvalue weighted by Gasteiger charge is 2.52. The van der Waals surface area contributed by atoms with Crippen molar-refractivity contribution in [2.24, 2.45) is 5.92 Å². The number of rotatable bonds is 5. The van der Waals surface area contributed by atoms with Crippen molar-refractivity contribution < 1.29 is 9.53 Å². The number of aromatic nitrogens is 2. The molecule has 6 nitrogen and oxygen atoms in total. The number of nitrogens with one attached hydrogen (secondary N) is 1. The zero-order valence-electron chi connectivity index (χ0n) is 18.3. The first kappa shape index (κ1) is 20.8. The number of carbonyl (C=O) groups is 1. The molecule has 3 aromatic rings. The first-order valence-electron chi connectivity index (χ1n) is 11.0. The van der Waals surface area contributed by atoms with Crippen LogP contribution in [0.2, 0.25) is 0 Å². The third kappa shape index (κ3) is 3.72. The van der Waals surface area contributed by atoms with Gasteiger partial charge in [0.2, 0.25) is 5.95 Å². The zero-order valence-corrected chi connectivity index (χ0v) is 18.3. The van der Waals surface area contributed by atoms with Crippen LogP contribution in [-0.2, 0) is 4.74 Å². The van der Waals surface area contributed by atoms with Gasteiger partial charge < -0.3 is 10.1 Å². The van der Waals surface area contributed by atoms with Crippen LogP contribution in [0.25, 0.3) is 10.8 Å². The van der Waals surface area contributed by atoms with E-state index >= 15 is 0 Å². The minimum Gasteiger partial charge on any atom is -0.445 e. The van der Waals surface area contributed by atoms with Crippen LogP contribution in [0.15, 0.2) is 79.0 Å². The molecule has 1 aliphatic carbocycles. The minimum atomic E-state index is -0.937. The Hall–Kier alpha value is -4.11. The van der Waals surface area contributed by atoms with E-state index in [1.54, 1.807) is 12.3 Å². The lowest BCUT2D eigenvalue weighted by molar-refractivity contribution is 0.173. The maximum atomic E-state index is 12.8. The first-order valence-corrected chi connectivity index (χ1v) is 11.0. The van der Waals surface area contributed by atoms with Crippen LogP contribution in [0.4, 0.5) is 16.6 Å². The summed E-state index contributed by atoms with van der Waals surface area (Å²) in [5.41, 5.74) is 0.175. The fraction of sp³-hybridized carbons (Fsp3) is 0.222. The molecule has 3 atom stereocenters. The van der Waals surface area contributed by atoms with Gasteiger partial charge in [-0.15, -0.1) is 6.42 Å². The molecule has 1 N–H and O–H groups in total. The molecule has 0 radical (unpaired) electrons. The maximum Gasteiger partial charge on any atom is 0.417 e. The van der Waals surface area contributed by atoms with Crippen molar-refractivity contribution in [3.63, 3.8) is 0 Å². The van der Waals surface area contributed by atoms with E-state index in [0.29, 0.717) is 11.8 Å². The lowest BCUT2D eigenvalue weighted by Crippen LogP contribution is -2.52. The van der Waals surface area contributed by atoms with Crippen molar-refractivity contribution in [3.8, 4) is 12.3 Å². The van der Waals surface area contributed by atoms with Gasteiger partial charge in [-0.2, -0.15) is 4.98 Å². The summed E-state index contributed by atoms with van der Waals surface area (Å²) in [6, 6.07) is 16.2. The number of benzene rings is 2. The van der Waals surface area contributed by atoms with Gasteiger partial charge in [0.05, 0.1) is 6.04 Å². The smallest absolute Gasteiger partial charge is 0.417 e. The number of cyclic esters (lactones) is 1. The molecule has 6 heteroatoms. The molecule has 1 unspecified atom stereocenters. The van der Waals surface area contributed by atoms with E-state index < -0.39 is 11.6 Å². The van der Waals surface area contributed by atoms with Crippen LogP contribution in [0, 0.1) is 18.3 Å². The molecule has 2 heterocycles. The summed E-state index contributed by atoms with van der Waals surface area (Å²) < 4.78 is 5.42. The van der Waals surface area contributed by atoms with Crippen LogP contribution in [-0.4, -0.2) is 28.2 Å². The molecule has 1 amide bonds. The summed E-state index contributed by atoms with van der Waals surface area (Å²) in [5, 5.41) is 5.71. The van der Waals surface area contributed by atoms with Crippen LogP contribution < -0.4 is 10.2 Å². The molecule has 1 fully saturated rings. The SMILES string of the molecule is C#C[C@@]1(C2C=CC=CC2)COC(=O)N1c1ccnc(N[C@@H](C)c2ccc3ccccc3c2)n1. The molecule has 1 aromatic heterocycles. The molecule has 164 valence electrons. The number of hydrogen-bond acceptors (Lipinski definition) is 5. The second kappa shape index (κ2) is 8.44. The predicted octanol–water partition coefficient (Wildman–Crippen LogP) is 5.26. The van der Waals surface area contributed by atoms with Gasteiger partial charge in [-0.05, 0) is 41.8 Å².